The molecule has 0 saturated carbocycles. The number of carbonyl (C=O) groups excluding carboxylic acids is 2. The van der Waals surface area contributed by atoms with Crippen LogP contribution in [0.3, 0.4) is 0 Å². The quantitative estimate of drug-likeness (QED) is 0.886. The van der Waals surface area contributed by atoms with Crippen molar-refractivity contribution in [3.63, 3.8) is 0 Å². The average molecular weight is 306 g/mol. The van der Waals surface area contributed by atoms with E-state index in [2.05, 4.69) is 0 Å². The number of likely N-dealkylation sites (tertiary alicyclic amines) is 1. The fraction of sp³-hybridized carbons (Fsp3) is 0.500. The maximum absolute atomic E-state index is 12.4. The van der Waals surface area contributed by atoms with Crippen LogP contribution in [0.15, 0.2) is 24.3 Å². The van der Waals surface area contributed by atoms with Gasteiger partial charge in [-0.2, -0.15) is 0 Å². The summed E-state index contributed by atoms with van der Waals surface area (Å²) in [6.07, 6.45) is 0.617. The second kappa shape index (κ2) is 7.15. The van der Waals surface area contributed by atoms with Crippen LogP contribution in [0.4, 0.5) is 0 Å². The highest BCUT2D eigenvalue weighted by Crippen LogP contribution is 2.27. The van der Waals surface area contributed by atoms with E-state index in [0.717, 1.165) is 0 Å². The van der Waals surface area contributed by atoms with Crippen LogP contribution in [0, 0.1) is 5.92 Å². The van der Waals surface area contributed by atoms with Crippen LogP contribution in [0.2, 0.25) is 0 Å². The number of amides is 2. The molecule has 1 aromatic carbocycles. The van der Waals surface area contributed by atoms with Gasteiger partial charge in [0.2, 0.25) is 5.91 Å². The molecule has 0 aromatic heterocycles. The minimum Gasteiger partial charge on any atom is -0.493 e. The Labute approximate surface area is 130 Å². The SMILES string of the molecule is COc1ccccc1O[C@H](C)C(=O)N1CCC(C(N)=O)CC1. The molecule has 6 heteroatoms. The Kier molecular flexibility index (Phi) is 5.25. The zero-order chi connectivity index (χ0) is 16.1. The Morgan fingerprint density at radius 3 is 2.36 bits per heavy atom. The molecule has 120 valence electrons. The van der Waals surface area contributed by atoms with E-state index in [-0.39, 0.29) is 17.7 Å². The molecule has 0 unspecified atom stereocenters. The predicted molar refractivity (Wildman–Crippen MR) is 81.6 cm³/mol. The summed E-state index contributed by atoms with van der Waals surface area (Å²) in [5.74, 6) is 0.626. The van der Waals surface area contributed by atoms with Gasteiger partial charge in [-0.15, -0.1) is 0 Å². The second-order valence-corrected chi connectivity index (χ2v) is 5.41. The topological polar surface area (TPSA) is 81.9 Å². The van der Waals surface area contributed by atoms with E-state index < -0.39 is 6.10 Å². The zero-order valence-corrected chi connectivity index (χ0v) is 13.0. The summed E-state index contributed by atoms with van der Waals surface area (Å²) in [5.41, 5.74) is 5.30. The highest BCUT2D eigenvalue weighted by molar-refractivity contribution is 5.82. The van der Waals surface area contributed by atoms with Crippen molar-refractivity contribution in [1.82, 2.24) is 4.90 Å². The highest BCUT2D eigenvalue weighted by Gasteiger charge is 2.29. The third kappa shape index (κ3) is 3.69. The molecule has 2 amide bonds. The smallest absolute Gasteiger partial charge is 0.263 e. The third-order valence-electron chi connectivity index (χ3n) is 3.93. The minimum absolute atomic E-state index is 0.0890. The summed E-state index contributed by atoms with van der Waals surface area (Å²) in [7, 11) is 1.56. The number of benzene rings is 1. The molecule has 0 bridgehead atoms. The van der Waals surface area contributed by atoms with Crippen molar-refractivity contribution in [3.8, 4) is 11.5 Å². The molecule has 0 radical (unpaired) electrons. The Balaban J connectivity index is 1.94. The van der Waals surface area contributed by atoms with Crippen LogP contribution >= 0.6 is 0 Å². The number of hydrogen-bond acceptors (Lipinski definition) is 4. The van der Waals surface area contributed by atoms with E-state index in [0.29, 0.717) is 37.4 Å². The maximum Gasteiger partial charge on any atom is 0.263 e. The number of para-hydroxylation sites is 2. The molecule has 1 aromatic rings. The van der Waals surface area contributed by atoms with Gasteiger partial charge in [0, 0.05) is 19.0 Å². The maximum atomic E-state index is 12.4. The molecule has 6 nitrogen and oxygen atoms in total. The number of hydrogen-bond donors (Lipinski definition) is 1. The van der Waals surface area contributed by atoms with E-state index in [4.69, 9.17) is 15.2 Å². The molecule has 1 heterocycles. The summed E-state index contributed by atoms with van der Waals surface area (Å²) in [4.78, 5) is 25.3. The van der Waals surface area contributed by atoms with Crippen LogP contribution in [-0.2, 0) is 9.59 Å². The molecule has 22 heavy (non-hydrogen) atoms. The second-order valence-electron chi connectivity index (χ2n) is 5.41. The van der Waals surface area contributed by atoms with E-state index in [1.54, 1.807) is 31.1 Å². The molecular weight excluding hydrogens is 284 g/mol. The van der Waals surface area contributed by atoms with Gasteiger partial charge in [-0.25, -0.2) is 0 Å². The highest BCUT2D eigenvalue weighted by atomic mass is 16.5. The lowest BCUT2D eigenvalue weighted by Gasteiger charge is -2.32. The first-order valence-corrected chi connectivity index (χ1v) is 7.40. The first kappa shape index (κ1) is 16.1. The lowest BCUT2D eigenvalue weighted by molar-refractivity contribution is -0.140. The standard InChI is InChI=1S/C16H22N2O4/c1-11(22-14-6-4-3-5-13(14)21-2)16(20)18-9-7-12(8-10-18)15(17)19/h3-6,11-12H,7-10H2,1-2H3,(H2,17,19)/t11-/m1/s1. The zero-order valence-electron chi connectivity index (χ0n) is 13.0. The summed E-state index contributed by atoms with van der Waals surface area (Å²) in [6.45, 7) is 2.78. The Morgan fingerprint density at radius 1 is 1.23 bits per heavy atom. The van der Waals surface area contributed by atoms with E-state index >= 15 is 0 Å². The molecule has 0 spiro atoms. The predicted octanol–water partition coefficient (Wildman–Crippen LogP) is 1.19. The van der Waals surface area contributed by atoms with Crippen molar-refractivity contribution in [1.29, 1.82) is 0 Å². The summed E-state index contributed by atoms with van der Waals surface area (Å²) in [5, 5.41) is 0. The lowest BCUT2D eigenvalue weighted by Crippen LogP contribution is -2.46. The van der Waals surface area contributed by atoms with Crippen LogP contribution in [0.1, 0.15) is 19.8 Å². The van der Waals surface area contributed by atoms with Crippen LogP contribution in [0.25, 0.3) is 0 Å². The fourth-order valence-corrected chi connectivity index (χ4v) is 2.60. The average Bonchev–Trinajstić information content (AvgIpc) is 2.54. The number of piperidine rings is 1. The summed E-state index contributed by atoms with van der Waals surface area (Å²) in [6, 6.07) is 7.22. The van der Waals surface area contributed by atoms with E-state index in [9.17, 15) is 9.59 Å². The number of primary amides is 1. The van der Waals surface area contributed by atoms with Crippen molar-refractivity contribution in [2.75, 3.05) is 20.2 Å². The monoisotopic (exact) mass is 306 g/mol. The molecular formula is C16H22N2O4. The third-order valence-corrected chi connectivity index (χ3v) is 3.93. The normalized spacial score (nSPS) is 16.9. The van der Waals surface area contributed by atoms with Gasteiger partial charge in [-0.05, 0) is 31.9 Å². The Bertz CT molecular complexity index is 539. The van der Waals surface area contributed by atoms with Gasteiger partial charge in [0.05, 0.1) is 7.11 Å². The fourth-order valence-electron chi connectivity index (χ4n) is 2.60. The summed E-state index contributed by atoms with van der Waals surface area (Å²) >= 11 is 0. The number of nitrogens with two attached hydrogens (primary N) is 1. The van der Waals surface area contributed by atoms with Gasteiger partial charge in [0.15, 0.2) is 17.6 Å². The molecule has 1 aliphatic rings. The molecule has 2 N–H and O–H groups in total. The molecule has 1 fully saturated rings. The number of rotatable bonds is 5. The molecule has 0 aliphatic carbocycles. The first-order chi connectivity index (χ1) is 10.5. The van der Waals surface area contributed by atoms with E-state index in [1.165, 1.54) is 0 Å². The Hall–Kier alpha value is -2.24. The van der Waals surface area contributed by atoms with Gasteiger partial charge in [0.1, 0.15) is 0 Å². The summed E-state index contributed by atoms with van der Waals surface area (Å²) < 4.78 is 10.9. The van der Waals surface area contributed by atoms with Crippen molar-refractivity contribution in [2.45, 2.75) is 25.9 Å². The van der Waals surface area contributed by atoms with Gasteiger partial charge in [-0.1, -0.05) is 12.1 Å². The number of methoxy groups -OCH3 is 1. The van der Waals surface area contributed by atoms with Crippen LogP contribution in [-0.4, -0.2) is 43.0 Å². The number of ether oxygens (including phenoxy) is 2. The van der Waals surface area contributed by atoms with Crippen molar-refractivity contribution in [3.05, 3.63) is 24.3 Å². The van der Waals surface area contributed by atoms with Gasteiger partial charge < -0.3 is 20.1 Å². The number of carbonyl (C=O) groups is 2. The Morgan fingerprint density at radius 2 is 1.82 bits per heavy atom. The first-order valence-electron chi connectivity index (χ1n) is 7.40. The molecule has 1 atom stereocenters. The van der Waals surface area contributed by atoms with E-state index in [1.807, 2.05) is 12.1 Å². The van der Waals surface area contributed by atoms with Crippen LogP contribution < -0.4 is 15.2 Å². The lowest BCUT2D eigenvalue weighted by atomic mass is 9.96. The van der Waals surface area contributed by atoms with Crippen LogP contribution in [0.5, 0.6) is 11.5 Å². The van der Waals surface area contributed by atoms with Gasteiger partial charge in [0.25, 0.3) is 5.91 Å². The number of nitrogens with zero attached hydrogens (tertiary/aromatic N) is 1. The van der Waals surface area contributed by atoms with Crippen molar-refractivity contribution < 1.29 is 19.1 Å². The van der Waals surface area contributed by atoms with Gasteiger partial charge >= 0.3 is 0 Å². The van der Waals surface area contributed by atoms with Crippen molar-refractivity contribution >= 4 is 11.8 Å². The molecule has 2 rings (SSSR count). The minimum atomic E-state index is -0.610. The largest absolute Gasteiger partial charge is 0.493 e. The van der Waals surface area contributed by atoms with Gasteiger partial charge in [-0.3, -0.25) is 9.59 Å². The molecule has 1 aliphatic heterocycles. The molecule has 1 saturated heterocycles. The van der Waals surface area contributed by atoms with Crippen molar-refractivity contribution in [2.24, 2.45) is 11.7 Å².